The van der Waals surface area contributed by atoms with E-state index in [1.165, 1.54) is 0 Å². The third-order valence-electron chi connectivity index (χ3n) is 6.87. The Morgan fingerprint density at radius 2 is 1.82 bits per heavy atom. The molecule has 39 heavy (non-hydrogen) atoms. The highest BCUT2D eigenvalue weighted by molar-refractivity contribution is 8.17. The zero-order chi connectivity index (χ0) is 26.7. The van der Waals surface area contributed by atoms with Crippen LogP contribution in [0.4, 0.5) is 4.79 Å². The van der Waals surface area contributed by atoms with Crippen LogP contribution >= 0.6 is 46.6 Å². The molecule has 4 heterocycles. The smallest absolute Gasteiger partial charge is 0.314 e. The van der Waals surface area contributed by atoms with Crippen LogP contribution in [0.5, 0.6) is 5.75 Å². The zero-order valence-electron chi connectivity index (χ0n) is 20.0. The summed E-state index contributed by atoms with van der Waals surface area (Å²) in [4.78, 5) is 13.5. The normalized spacial score (nSPS) is 22.5. The standard InChI is InChI=1S/C29H18Cl3N3O3S/c30-17-10-8-16(9-11-17)22-15-23-19-4-1-2-7-25(19)38-29(35(23)34-22)26(39-28(36)33-29)14-18-12-13-24(37-18)20-5-3-6-21(31)27(20)32/h1-14,23H,15H2,(H,33,36)/b26-14-. The molecule has 2 unspecified atom stereocenters. The number of fused-ring (bicyclic) bond motifs is 4. The van der Waals surface area contributed by atoms with Crippen molar-refractivity contribution >= 4 is 63.6 Å². The Morgan fingerprint density at radius 1 is 1.00 bits per heavy atom. The average Bonchev–Trinajstić information content (AvgIpc) is 3.65. The van der Waals surface area contributed by atoms with E-state index < -0.39 is 5.85 Å². The van der Waals surface area contributed by atoms with E-state index in [4.69, 9.17) is 49.1 Å². The van der Waals surface area contributed by atoms with Gasteiger partial charge in [-0.25, -0.2) is 5.01 Å². The van der Waals surface area contributed by atoms with Gasteiger partial charge in [0, 0.05) is 22.6 Å². The molecule has 194 valence electrons. The van der Waals surface area contributed by atoms with Crippen molar-refractivity contribution in [3.63, 3.8) is 0 Å². The number of furan rings is 1. The summed E-state index contributed by atoms with van der Waals surface area (Å²) in [6, 6.07) is 24.3. The molecule has 1 spiro atoms. The van der Waals surface area contributed by atoms with E-state index in [1.54, 1.807) is 12.1 Å². The molecule has 3 aliphatic heterocycles. The van der Waals surface area contributed by atoms with Crippen molar-refractivity contribution < 1.29 is 13.9 Å². The molecule has 1 amide bonds. The van der Waals surface area contributed by atoms with Crippen LogP contribution < -0.4 is 10.1 Å². The molecular weight excluding hydrogens is 577 g/mol. The average molecular weight is 595 g/mol. The van der Waals surface area contributed by atoms with Crippen molar-refractivity contribution in [1.82, 2.24) is 10.3 Å². The summed E-state index contributed by atoms with van der Waals surface area (Å²) >= 11 is 19.8. The highest BCUT2D eigenvalue weighted by atomic mass is 35.5. The lowest BCUT2D eigenvalue weighted by Gasteiger charge is -2.44. The fraction of sp³-hybridized carbons (Fsp3) is 0.103. The number of hydrogen-bond acceptors (Lipinski definition) is 6. The third kappa shape index (κ3) is 4.12. The van der Waals surface area contributed by atoms with Crippen molar-refractivity contribution in [3.8, 4) is 17.1 Å². The second-order valence-corrected chi connectivity index (χ2v) is 11.5. The highest BCUT2D eigenvalue weighted by Gasteiger charge is 2.58. The lowest BCUT2D eigenvalue weighted by Crippen LogP contribution is -2.61. The van der Waals surface area contributed by atoms with Crippen molar-refractivity contribution in [2.24, 2.45) is 5.10 Å². The molecule has 1 saturated heterocycles. The molecule has 6 nitrogen and oxygen atoms in total. The largest absolute Gasteiger partial charge is 0.457 e. The van der Waals surface area contributed by atoms with Crippen LogP contribution in [0.1, 0.15) is 29.3 Å². The van der Waals surface area contributed by atoms with Crippen LogP contribution in [0.25, 0.3) is 17.4 Å². The number of rotatable bonds is 3. The van der Waals surface area contributed by atoms with Crippen LogP contribution in [-0.4, -0.2) is 21.8 Å². The minimum Gasteiger partial charge on any atom is -0.457 e. The third-order valence-corrected chi connectivity index (χ3v) is 8.84. The maximum absolute atomic E-state index is 12.9. The number of carbonyl (C=O) groups excluding carboxylic acids is 1. The molecule has 1 N–H and O–H groups in total. The molecule has 3 aromatic carbocycles. The Kier molecular flexibility index (Phi) is 5.93. The SMILES string of the molecule is O=C1NC2(Oc3ccccc3C3CC(c4ccc(Cl)cc4)=NN32)/C(=C/c2ccc(-c3cccc(Cl)c3Cl)o2)S1. The van der Waals surface area contributed by atoms with Gasteiger partial charge in [-0.1, -0.05) is 71.2 Å². The molecule has 10 heteroatoms. The maximum Gasteiger partial charge on any atom is 0.314 e. The zero-order valence-corrected chi connectivity index (χ0v) is 23.1. The number of carbonyl (C=O) groups is 1. The lowest BCUT2D eigenvalue weighted by atomic mass is 9.96. The highest BCUT2D eigenvalue weighted by Crippen LogP contribution is 2.53. The Balaban J connectivity index is 1.33. The molecule has 1 aromatic heterocycles. The molecule has 0 saturated carbocycles. The van der Waals surface area contributed by atoms with Crippen molar-refractivity contribution in [1.29, 1.82) is 0 Å². The van der Waals surface area contributed by atoms with Gasteiger partial charge in [-0.05, 0) is 65.9 Å². The minimum absolute atomic E-state index is 0.152. The first-order valence-electron chi connectivity index (χ1n) is 12.1. The quantitative estimate of drug-likeness (QED) is 0.257. The topological polar surface area (TPSA) is 67.1 Å². The van der Waals surface area contributed by atoms with E-state index in [1.807, 2.05) is 77.8 Å². The molecule has 0 bridgehead atoms. The van der Waals surface area contributed by atoms with Crippen LogP contribution in [0, 0.1) is 0 Å². The minimum atomic E-state index is -1.34. The van der Waals surface area contributed by atoms with E-state index in [9.17, 15) is 4.79 Å². The summed E-state index contributed by atoms with van der Waals surface area (Å²) < 4.78 is 12.7. The van der Waals surface area contributed by atoms with Gasteiger partial charge in [-0.15, -0.1) is 0 Å². The number of ether oxygens (including phenoxy) is 1. The van der Waals surface area contributed by atoms with Gasteiger partial charge < -0.3 is 9.15 Å². The van der Waals surface area contributed by atoms with Crippen LogP contribution in [0.2, 0.25) is 15.1 Å². The second kappa shape index (κ2) is 9.38. The Labute approximate surface area is 243 Å². The first-order chi connectivity index (χ1) is 18.9. The monoisotopic (exact) mass is 593 g/mol. The van der Waals surface area contributed by atoms with Crippen LogP contribution in [0.15, 0.2) is 93.3 Å². The predicted octanol–water partition coefficient (Wildman–Crippen LogP) is 8.60. The molecule has 1 fully saturated rings. The van der Waals surface area contributed by atoms with E-state index >= 15 is 0 Å². The number of amides is 1. The molecular formula is C29H18Cl3N3O3S. The van der Waals surface area contributed by atoms with Gasteiger partial charge in [-0.3, -0.25) is 10.1 Å². The number of para-hydroxylation sites is 1. The predicted molar refractivity (Wildman–Crippen MR) is 155 cm³/mol. The number of hydrogen-bond donors (Lipinski definition) is 1. The second-order valence-electron chi connectivity index (χ2n) is 9.23. The summed E-state index contributed by atoms with van der Waals surface area (Å²) in [6.07, 6.45) is 2.43. The van der Waals surface area contributed by atoms with Crippen molar-refractivity contribution in [3.05, 3.63) is 116 Å². The number of nitrogens with zero attached hydrogens (tertiary/aromatic N) is 2. The fourth-order valence-electron chi connectivity index (χ4n) is 5.08. The Bertz CT molecular complexity index is 1700. The number of nitrogens with one attached hydrogen (secondary N) is 1. The fourth-order valence-corrected chi connectivity index (χ4v) is 6.49. The van der Waals surface area contributed by atoms with Gasteiger partial charge in [0.1, 0.15) is 17.3 Å². The number of halogens is 3. The number of benzene rings is 3. The molecule has 3 aliphatic rings. The lowest BCUT2D eigenvalue weighted by molar-refractivity contribution is -0.0949. The molecule has 7 rings (SSSR count). The van der Waals surface area contributed by atoms with E-state index in [0.717, 1.165) is 28.6 Å². The number of thioether (sulfide) groups is 1. The summed E-state index contributed by atoms with van der Waals surface area (Å²) in [7, 11) is 0. The van der Waals surface area contributed by atoms with Gasteiger partial charge in [0.2, 0.25) is 0 Å². The molecule has 4 aromatic rings. The van der Waals surface area contributed by atoms with E-state index in [2.05, 4.69) is 5.32 Å². The summed E-state index contributed by atoms with van der Waals surface area (Å²) in [5, 5.41) is 11.1. The van der Waals surface area contributed by atoms with Crippen molar-refractivity contribution in [2.75, 3.05) is 0 Å². The van der Waals surface area contributed by atoms with Crippen LogP contribution in [-0.2, 0) is 0 Å². The summed E-state index contributed by atoms with van der Waals surface area (Å²) in [6.45, 7) is 0. The van der Waals surface area contributed by atoms with Gasteiger partial charge in [0.05, 0.1) is 26.7 Å². The number of hydrazone groups is 1. The maximum atomic E-state index is 12.9. The first-order valence-corrected chi connectivity index (χ1v) is 14.0. The molecule has 2 atom stereocenters. The van der Waals surface area contributed by atoms with Crippen LogP contribution in [0.3, 0.4) is 0 Å². The molecule has 0 aliphatic carbocycles. The summed E-state index contributed by atoms with van der Waals surface area (Å²) in [5.41, 5.74) is 3.50. The first kappa shape index (κ1) is 24.7. The van der Waals surface area contributed by atoms with E-state index in [0.29, 0.717) is 49.2 Å². The molecule has 0 radical (unpaired) electrons. The van der Waals surface area contributed by atoms with Gasteiger partial charge >= 0.3 is 5.85 Å². The van der Waals surface area contributed by atoms with Gasteiger partial charge in [0.25, 0.3) is 5.24 Å². The summed E-state index contributed by atoms with van der Waals surface area (Å²) in [5.74, 6) is 0.434. The van der Waals surface area contributed by atoms with Gasteiger partial charge in [0.15, 0.2) is 0 Å². The van der Waals surface area contributed by atoms with Gasteiger partial charge in [-0.2, -0.15) is 5.10 Å². The van der Waals surface area contributed by atoms with E-state index in [-0.39, 0.29) is 11.3 Å². The van der Waals surface area contributed by atoms with Crippen molar-refractivity contribution in [2.45, 2.75) is 18.3 Å². The Morgan fingerprint density at radius 3 is 2.67 bits per heavy atom. The Hall–Kier alpha value is -3.36.